The average molecular weight is 392 g/mol. The van der Waals surface area contributed by atoms with E-state index in [0.717, 1.165) is 18.4 Å². The second-order valence-electron chi connectivity index (χ2n) is 8.93. The number of carbonyl (C=O) groups is 1. The number of phenolic OH excluding ortho intramolecular Hbond substituents is 1. The molecule has 1 unspecified atom stereocenters. The van der Waals surface area contributed by atoms with Crippen molar-refractivity contribution in [2.75, 3.05) is 0 Å². The minimum absolute atomic E-state index is 0.210. The smallest absolute Gasteiger partial charge is 0.328 e. The highest BCUT2D eigenvalue weighted by Crippen LogP contribution is 2.33. The first-order valence-electron chi connectivity index (χ1n) is 11.1. The number of unbranched alkanes of at least 4 members (excludes halogenated alkanes) is 9. The first kappa shape index (κ1) is 24.5. The fourth-order valence-corrected chi connectivity index (χ4v) is 3.34. The molecule has 1 aromatic carbocycles. The summed E-state index contributed by atoms with van der Waals surface area (Å²) in [4.78, 5) is 12.2. The van der Waals surface area contributed by atoms with Crippen molar-refractivity contribution in [2.24, 2.45) is 5.73 Å². The normalized spacial score (nSPS) is 12.8. The standard InChI is InChI=1S/C24H41NO3/c1-5-6-7-8-9-10-11-12-13-14-15-21(25)23(27)28-19-16-17-22(26)20(18-19)24(2,3)4/h16-18,21,26H,5-15,25H2,1-4H3. The molecule has 1 rings (SSSR count). The number of aromatic hydroxyl groups is 1. The van der Waals surface area contributed by atoms with Gasteiger partial charge in [-0.3, -0.25) is 0 Å². The molecule has 0 radical (unpaired) electrons. The number of benzene rings is 1. The Kier molecular flexibility index (Phi) is 11.2. The fraction of sp³-hybridized carbons (Fsp3) is 0.708. The summed E-state index contributed by atoms with van der Waals surface area (Å²) < 4.78 is 5.43. The topological polar surface area (TPSA) is 72.6 Å². The third kappa shape index (κ3) is 9.59. The van der Waals surface area contributed by atoms with Gasteiger partial charge >= 0.3 is 5.97 Å². The largest absolute Gasteiger partial charge is 0.508 e. The molecule has 0 amide bonds. The Hall–Kier alpha value is -1.55. The van der Waals surface area contributed by atoms with E-state index in [0.29, 0.717) is 12.2 Å². The van der Waals surface area contributed by atoms with Crippen molar-refractivity contribution < 1.29 is 14.6 Å². The summed E-state index contributed by atoms with van der Waals surface area (Å²) in [6.07, 6.45) is 13.2. The minimum Gasteiger partial charge on any atom is -0.508 e. The van der Waals surface area contributed by atoms with Crippen LogP contribution in [0.2, 0.25) is 0 Å². The lowest BCUT2D eigenvalue weighted by Gasteiger charge is -2.21. The zero-order valence-corrected chi connectivity index (χ0v) is 18.4. The molecule has 4 heteroatoms. The summed E-state index contributed by atoms with van der Waals surface area (Å²) in [5.74, 6) is 0.245. The maximum absolute atomic E-state index is 12.2. The number of hydrogen-bond donors (Lipinski definition) is 2. The van der Waals surface area contributed by atoms with Gasteiger partial charge in [0.2, 0.25) is 0 Å². The van der Waals surface area contributed by atoms with Crippen LogP contribution in [0.3, 0.4) is 0 Å². The van der Waals surface area contributed by atoms with Crippen LogP contribution in [0.15, 0.2) is 18.2 Å². The number of carbonyl (C=O) groups excluding carboxylic acids is 1. The highest BCUT2D eigenvalue weighted by molar-refractivity contribution is 5.78. The van der Waals surface area contributed by atoms with Gasteiger partial charge in [0, 0.05) is 5.56 Å². The van der Waals surface area contributed by atoms with Gasteiger partial charge in [0.25, 0.3) is 0 Å². The number of rotatable bonds is 13. The molecule has 4 nitrogen and oxygen atoms in total. The molecule has 0 saturated heterocycles. The van der Waals surface area contributed by atoms with Gasteiger partial charge in [0.15, 0.2) is 0 Å². The highest BCUT2D eigenvalue weighted by Gasteiger charge is 2.21. The van der Waals surface area contributed by atoms with E-state index in [2.05, 4.69) is 6.92 Å². The number of nitrogens with two attached hydrogens (primary N) is 1. The molecular weight excluding hydrogens is 350 g/mol. The summed E-state index contributed by atoms with van der Waals surface area (Å²) in [6.45, 7) is 8.26. The molecular formula is C24H41NO3. The number of esters is 1. The Morgan fingerprint density at radius 2 is 1.54 bits per heavy atom. The maximum Gasteiger partial charge on any atom is 0.328 e. The summed E-state index contributed by atoms with van der Waals surface area (Å²) in [5.41, 5.74) is 6.52. The Balaban J connectivity index is 2.25. The Morgan fingerprint density at radius 1 is 1.00 bits per heavy atom. The predicted molar refractivity (Wildman–Crippen MR) is 117 cm³/mol. The van der Waals surface area contributed by atoms with Gasteiger partial charge in [-0.2, -0.15) is 0 Å². The molecule has 0 fully saturated rings. The molecule has 0 spiro atoms. The first-order chi connectivity index (χ1) is 13.3. The molecule has 0 aliphatic carbocycles. The molecule has 1 atom stereocenters. The van der Waals surface area contributed by atoms with Crippen LogP contribution >= 0.6 is 0 Å². The van der Waals surface area contributed by atoms with E-state index in [1.54, 1.807) is 18.2 Å². The lowest BCUT2D eigenvalue weighted by Crippen LogP contribution is -2.34. The van der Waals surface area contributed by atoms with Gasteiger partial charge in [0.1, 0.15) is 17.5 Å². The molecule has 28 heavy (non-hydrogen) atoms. The molecule has 3 N–H and O–H groups in total. The molecule has 0 heterocycles. The average Bonchev–Trinajstić information content (AvgIpc) is 2.63. The van der Waals surface area contributed by atoms with Crippen molar-refractivity contribution in [1.29, 1.82) is 0 Å². The van der Waals surface area contributed by atoms with Gasteiger partial charge in [-0.15, -0.1) is 0 Å². The van der Waals surface area contributed by atoms with Crippen LogP contribution in [0.1, 0.15) is 104 Å². The summed E-state index contributed by atoms with van der Waals surface area (Å²) >= 11 is 0. The molecule has 0 aliphatic heterocycles. The van der Waals surface area contributed by atoms with E-state index >= 15 is 0 Å². The fourth-order valence-electron chi connectivity index (χ4n) is 3.34. The zero-order valence-electron chi connectivity index (χ0n) is 18.4. The van der Waals surface area contributed by atoms with Gasteiger partial charge in [0.05, 0.1) is 0 Å². The van der Waals surface area contributed by atoms with Crippen molar-refractivity contribution >= 4 is 5.97 Å². The van der Waals surface area contributed by atoms with E-state index in [9.17, 15) is 9.90 Å². The number of ether oxygens (including phenoxy) is 1. The summed E-state index contributed by atoms with van der Waals surface area (Å²) in [5, 5.41) is 10.0. The highest BCUT2D eigenvalue weighted by atomic mass is 16.5. The second kappa shape index (κ2) is 12.8. The molecule has 0 aliphatic rings. The first-order valence-corrected chi connectivity index (χ1v) is 11.1. The maximum atomic E-state index is 12.2. The molecule has 0 saturated carbocycles. The number of phenols is 1. The zero-order chi connectivity index (χ0) is 21.0. The summed E-state index contributed by atoms with van der Waals surface area (Å²) in [7, 11) is 0. The summed E-state index contributed by atoms with van der Waals surface area (Å²) in [6, 6.07) is 4.30. The van der Waals surface area contributed by atoms with Gasteiger partial charge in [-0.05, 0) is 30.0 Å². The third-order valence-electron chi connectivity index (χ3n) is 5.17. The van der Waals surface area contributed by atoms with Crippen LogP contribution in [0, 0.1) is 0 Å². The van der Waals surface area contributed by atoms with Crippen molar-refractivity contribution in [3.63, 3.8) is 0 Å². The molecule has 160 valence electrons. The Morgan fingerprint density at radius 3 is 2.07 bits per heavy atom. The van der Waals surface area contributed by atoms with Gasteiger partial charge in [-0.1, -0.05) is 91.9 Å². The lowest BCUT2D eigenvalue weighted by atomic mass is 9.86. The molecule has 0 bridgehead atoms. The quantitative estimate of drug-likeness (QED) is 0.237. The minimum atomic E-state index is -0.596. The van der Waals surface area contributed by atoms with Crippen LogP contribution in [0.5, 0.6) is 11.5 Å². The third-order valence-corrected chi connectivity index (χ3v) is 5.17. The van der Waals surface area contributed by atoms with Crippen molar-refractivity contribution in [3.05, 3.63) is 23.8 Å². The predicted octanol–water partition coefficient (Wildman–Crippen LogP) is 6.23. The van der Waals surface area contributed by atoms with Crippen LogP contribution in [0.4, 0.5) is 0 Å². The van der Waals surface area contributed by atoms with E-state index in [4.69, 9.17) is 10.5 Å². The second-order valence-corrected chi connectivity index (χ2v) is 8.93. The molecule has 0 aromatic heterocycles. The van der Waals surface area contributed by atoms with E-state index in [-0.39, 0.29) is 11.2 Å². The molecule has 1 aromatic rings. The lowest BCUT2D eigenvalue weighted by molar-refractivity contribution is -0.136. The van der Waals surface area contributed by atoms with E-state index in [1.165, 1.54) is 51.4 Å². The van der Waals surface area contributed by atoms with Crippen LogP contribution in [-0.4, -0.2) is 17.1 Å². The van der Waals surface area contributed by atoms with Gasteiger partial charge < -0.3 is 15.6 Å². The van der Waals surface area contributed by atoms with Crippen LogP contribution in [-0.2, 0) is 10.2 Å². The van der Waals surface area contributed by atoms with Crippen LogP contribution < -0.4 is 10.5 Å². The van der Waals surface area contributed by atoms with Gasteiger partial charge in [-0.25, -0.2) is 4.79 Å². The van der Waals surface area contributed by atoms with E-state index in [1.807, 2.05) is 20.8 Å². The van der Waals surface area contributed by atoms with Crippen molar-refractivity contribution in [2.45, 2.75) is 110 Å². The van der Waals surface area contributed by atoms with Crippen LogP contribution in [0.25, 0.3) is 0 Å². The monoisotopic (exact) mass is 391 g/mol. The van der Waals surface area contributed by atoms with Crippen molar-refractivity contribution in [3.8, 4) is 11.5 Å². The van der Waals surface area contributed by atoms with Crippen molar-refractivity contribution in [1.82, 2.24) is 0 Å². The SMILES string of the molecule is CCCCCCCCCCCCC(N)C(=O)Oc1ccc(O)c(C(C)(C)C)c1. The Labute approximate surface area is 171 Å². The van der Waals surface area contributed by atoms with E-state index < -0.39 is 12.0 Å². The number of hydrogen-bond acceptors (Lipinski definition) is 4. The Bertz CT molecular complexity index is 578.